The molecule has 0 aromatic heterocycles. The topological polar surface area (TPSA) is 49.4 Å². The van der Waals surface area contributed by atoms with Gasteiger partial charge in [-0.15, -0.1) is 0 Å². The number of hydrogen-bond donors (Lipinski definition) is 1. The van der Waals surface area contributed by atoms with Gasteiger partial charge in [0.05, 0.1) is 0 Å². The Hall–Kier alpha value is -2.69. The molecule has 0 spiro atoms. The summed E-state index contributed by atoms with van der Waals surface area (Å²) in [5.41, 5.74) is 3.54. The van der Waals surface area contributed by atoms with Gasteiger partial charge in [0.1, 0.15) is 5.82 Å². The lowest BCUT2D eigenvalue weighted by atomic mass is 9.69. The first-order valence-electron chi connectivity index (χ1n) is 10.4. The fraction of sp³-hybridized carbons (Fsp3) is 0.417. The highest BCUT2D eigenvalue weighted by Crippen LogP contribution is 2.39. The summed E-state index contributed by atoms with van der Waals surface area (Å²) in [7, 11) is 0. The number of carbonyl (C=O) groups is 2. The number of hydrogen-bond acceptors (Lipinski definition) is 2. The van der Waals surface area contributed by atoms with Crippen LogP contribution in [0.4, 0.5) is 10.1 Å². The maximum atomic E-state index is 13.4. The summed E-state index contributed by atoms with van der Waals surface area (Å²) in [5.74, 6) is -0.304. The largest absolute Gasteiger partial charge is 0.351 e. The number of nitrogens with zero attached hydrogens (tertiary/aromatic N) is 1. The first kappa shape index (κ1) is 19.6. The molecule has 1 saturated carbocycles. The van der Waals surface area contributed by atoms with Crippen LogP contribution < -0.4 is 10.2 Å². The van der Waals surface area contributed by atoms with Crippen molar-refractivity contribution in [3.8, 4) is 0 Å². The number of rotatable bonds is 4. The van der Waals surface area contributed by atoms with Gasteiger partial charge in [-0.2, -0.15) is 0 Å². The van der Waals surface area contributed by atoms with Crippen LogP contribution in [0.25, 0.3) is 0 Å². The molecule has 2 aliphatic rings. The van der Waals surface area contributed by atoms with Gasteiger partial charge < -0.3 is 10.2 Å². The number of nitrogens with one attached hydrogen (secondary N) is 1. The van der Waals surface area contributed by atoms with Crippen LogP contribution in [0.15, 0.2) is 42.5 Å². The van der Waals surface area contributed by atoms with Gasteiger partial charge in [-0.05, 0) is 60.7 Å². The van der Waals surface area contributed by atoms with Gasteiger partial charge in [0.15, 0.2) is 0 Å². The van der Waals surface area contributed by atoms with E-state index in [1.54, 1.807) is 17.9 Å². The number of halogens is 1. The van der Waals surface area contributed by atoms with E-state index in [2.05, 4.69) is 5.32 Å². The highest BCUT2D eigenvalue weighted by molar-refractivity contribution is 5.97. The Kier molecular flexibility index (Phi) is 5.39. The van der Waals surface area contributed by atoms with Gasteiger partial charge in [-0.3, -0.25) is 9.59 Å². The molecular weight excluding hydrogens is 367 g/mol. The Bertz CT molecular complexity index is 917. The van der Waals surface area contributed by atoms with E-state index in [-0.39, 0.29) is 23.0 Å². The van der Waals surface area contributed by atoms with Gasteiger partial charge in [0, 0.05) is 36.7 Å². The van der Waals surface area contributed by atoms with Crippen LogP contribution in [0.3, 0.4) is 0 Å². The lowest BCUT2D eigenvalue weighted by Gasteiger charge is -2.38. The number of fused-ring (bicyclic) bond motifs is 1. The van der Waals surface area contributed by atoms with Crippen molar-refractivity contribution in [2.45, 2.75) is 50.9 Å². The van der Waals surface area contributed by atoms with Gasteiger partial charge >= 0.3 is 0 Å². The summed E-state index contributed by atoms with van der Waals surface area (Å²) in [6, 6.07) is 12.3. The lowest BCUT2D eigenvalue weighted by molar-refractivity contribution is -0.116. The van der Waals surface area contributed by atoms with E-state index in [0.29, 0.717) is 18.7 Å². The minimum Gasteiger partial charge on any atom is -0.351 e. The predicted molar refractivity (Wildman–Crippen MR) is 112 cm³/mol. The number of anilines is 1. The molecule has 0 saturated heterocycles. The van der Waals surface area contributed by atoms with E-state index < -0.39 is 0 Å². The first-order chi connectivity index (χ1) is 14.0. The van der Waals surface area contributed by atoms with Crippen LogP contribution in [0.2, 0.25) is 0 Å². The van der Waals surface area contributed by atoms with Crippen LogP contribution in [0.5, 0.6) is 0 Å². The second kappa shape index (κ2) is 7.97. The van der Waals surface area contributed by atoms with Gasteiger partial charge in [0.25, 0.3) is 5.91 Å². The molecular formula is C24H27FN2O2. The lowest BCUT2D eigenvalue weighted by Crippen LogP contribution is -2.42. The van der Waals surface area contributed by atoms with Crippen molar-refractivity contribution < 1.29 is 14.0 Å². The Morgan fingerprint density at radius 1 is 1.07 bits per heavy atom. The average Bonchev–Trinajstić information content (AvgIpc) is 3.17. The molecule has 1 heterocycles. The Morgan fingerprint density at radius 3 is 2.48 bits per heavy atom. The molecule has 0 atom stereocenters. The van der Waals surface area contributed by atoms with Crippen LogP contribution >= 0.6 is 0 Å². The van der Waals surface area contributed by atoms with Crippen molar-refractivity contribution in [1.29, 1.82) is 0 Å². The summed E-state index contributed by atoms with van der Waals surface area (Å²) in [5, 5.41) is 3.13. The van der Waals surface area contributed by atoms with Gasteiger partial charge in [-0.1, -0.05) is 31.4 Å². The minimum absolute atomic E-state index is 0.0273. The Labute approximate surface area is 171 Å². The normalized spacial score (nSPS) is 17.7. The molecule has 0 unspecified atom stereocenters. The average molecular weight is 394 g/mol. The van der Waals surface area contributed by atoms with Crippen molar-refractivity contribution in [3.63, 3.8) is 0 Å². The van der Waals surface area contributed by atoms with Crippen LogP contribution in [0.1, 0.15) is 60.5 Å². The molecule has 2 aromatic carbocycles. The molecule has 2 amide bonds. The Balaban J connectivity index is 1.50. The Morgan fingerprint density at radius 2 is 1.79 bits per heavy atom. The molecule has 152 valence electrons. The number of amides is 2. The zero-order valence-electron chi connectivity index (χ0n) is 16.8. The van der Waals surface area contributed by atoms with E-state index >= 15 is 0 Å². The minimum atomic E-state index is -0.235. The smallest absolute Gasteiger partial charge is 0.251 e. The van der Waals surface area contributed by atoms with Crippen molar-refractivity contribution in [3.05, 3.63) is 65.0 Å². The summed E-state index contributed by atoms with van der Waals surface area (Å²) in [4.78, 5) is 26.4. The highest BCUT2D eigenvalue weighted by Gasteiger charge is 2.34. The van der Waals surface area contributed by atoms with Crippen molar-refractivity contribution in [2.24, 2.45) is 0 Å². The summed E-state index contributed by atoms with van der Waals surface area (Å²) in [6.45, 7) is 2.78. The molecule has 0 radical (unpaired) electrons. The SMILES string of the molecule is CC(=O)N1CCc2cc(C(=O)NCC3(c4ccc(F)cc4)CCCCC3)ccc21. The summed E-state index contributed by atoms with van der Waals surface area (Å²) >= 11 is 0. The van der Waals surface area contributed by atoms with Crippen LogP contribution in [-0.2, 0) is 16.6 Å². The van der Waals surface area contributed by atoms with Crippen molar-refractivity contribution >= 4 is 17.5 Å². The van der Waals surface area contributed by atoms with E-state index in [1.165, 1.54) is 18.6 Å². The quantitative estimate of drug-likeness (QED) is 0.837. The molecule has 1 N–H and O–H groups in total. The molecule has 4 rings (SSSR count). The maximum Gasteiger partial charge on any atom is 0.251 e. The van der Waals surface area contributed by atoms with Gasteiger partial charge in [-0.25, -0.2) is 4.39 Å². The zero-order chi connectivity index (χ0) is 20.4. The number of benzene rings is 2. The summed E-state index contributed by atoms with van der Waals surface area (Å²) in [6.07, 6.45) is 6.21. The highest BCUT2D eigenvalue weighted by atomic mass is 19.1. The molecule has 29 heavy (non-hydrogen) atoms. The monoisotopic (exact) mass is 394 g/mol. The van der Waals surface area contributed by atoms with Crippen molar-refractivity contribution in [1.82, 2.24) is 5.32 Å². The molecule has 1 fully saturated rings. The van der Waals surface area contributed by atoms with E-state index in [1.807, 2.05) is 24.3 Å². The van der Waals surface area contributed by atoms with Crippen LogP contribution in [-0.4, -0.2) is 24.9 Å². The second-order valence-electron chi connectivity index (χ2n) is 8.29. The van der Waals surface area contributed by atoms with E-state index in [4.69, 9.17) is 0 Å². The second-order valence-corrected chi connectivity index (χ2v) is 8.29. The predicted octanol–water partition coefficient (Wildman–Crippen LogP) is 4.37. The third-order valence-electron chi connectivity index (χ3n) is 6.47. The number of carbonyl (C=O) groups excluding carboxylic acids is 2. The molecule has 0 bridgehead atoms. The van der Waals surface area contributed by atoms with Crippen molar-refractivity contribution in [2.75, 3.05) is 18.0 Å². The van der Waals surface area contributed by atoms with E-state index in [0.717, 1.165) is 48.9 Å². The molecule has 2 aromatic rings. The summed E-state index contributed by atoms with van der Waals surface area (Å²) < 4.78 is 13.4. The maximum absolute atomic E-state index is 13.4. The fourth-order valence-electron chi connectivity index (χ4n) is 4.82. The zero-order valence-corrected chi connectivity index (χ0v) is 16.8. The first-order valence-corrected chi connectivity index (χ1v) is 10.4. The standard InChI is InChI=1S/C24H27FN2O2/c1-17(28)27-14-11-18-15-19(5-10-22(18)27)23(29)26-16-24(12-3-2-4-13-24)20-6-8-21(25)9-7-20/h5-10,15H,2-4,11-14,16H2,1H3,(H,26,29). The van der Waals surface area contributed by atoms with E-state index in [9.17, 15) is 14.0 Å². The van der Waals surface area contributed by atoms with Crippen LogP contribution in [0, 0.1) is 5.82 Å². The molecule has 4 nitrogen and oxygen atoms in total. The molecule has 1 aliphatic heterocycles. The molecule has 5 heteroatoms. The molecule has 1 aliphatic carbocycles. The fourth-order valence-corrected chi connectivity index (χ4v) is 4.82. The third-order valence-corrected chi connectivity index (χ3v) is 6.47. The van der Waals surface area contributed by atoms with Gasteiger partial charge in [0.2, 0.25) is 5.91 Å². The third kappa shape index (κ3) is 3.91.